The van der Waals surface area contributed by atoms with Crippen LogP contribution >= 0.6 is 11.3 Å². The molecule has 3 fully saturated rings. The van der Waals surface area contributed by atoms with Gasteiger partial charge in [-0.1, -0.05) is 23.5 Å². The van der Waals surface area contributed by atoms with E-state index in [-0.39, 0.29) is 17.7 Å². The topological polar surface area (TPSA) is 82.1 Å². The average molecular weight is 471 g/mol. The van der Waals surface area contributed by atoms with Gasteiger partial charge in [0.05, 0.1) is 12.8 Å². The first-order valence-electron chi connectivity index (χ1n) is 11.7. The molecule has 1 aromatic heterocycles. The predicted molar refractivity (Wildman–Crippen MR) is 128 cm³/mol. The molecule has 0 N–H and O–H groups in total. The zero-order valence-corrected chi connectivity index (χ0v) is 19.8. The van der Waals surface area contributed by atoms with E-state index in [1.165, 1.54) is 11.3 Å². The highest BCUT2D eigenvalue weighted by molar-refractivity contribution is 7.19. The highest BCUT2D eigenvalue weighted by atomic mass is 32.1. The van der Waals surface area contributed by atoms with Crippen LogP contribution in [0, 0.1) is 5.92 Å². The molecule has 0 atom stereocenters. The largest absolute Gasteiger partial charge is 0.495 e. The van der Waals surface area contributed by atoms with Gasteiger partial charge in [0.2, 0.25) is 22.1 Å². The quantitative estimate of drug-likeness (QED) is 0.663. The Hall–Kier alpha value is -2.88. The average Bonchev–Trinajstić information content (AvgIpc) is 3.53. The standard InChI is InChI=1S/C23H30N6O3S/c1-32-19-6-3-2-5-18(19)26-13-15-27(16-14-26)21(31)17-8-11-28(12-9-17)22-24-25-23(33-22)29-10-4-7-20(29)30/h2-3,5-6,17H,4,7-16H2,1H3. The first-order valence-corrected chi connectivity index (χ1v) is 12.5. The van der Waals surface area contributed by atoms with Gasteiger partial charge >= 0.3 is 0 Å². The van der Waals surface area contributed by atoms with Crippen LogP contribution in [0.15, 0.2) is 24.3 Å². The number of rotatable bonds is 5. The second kappa shape index (κ2) is 9.54. The summed E-state index contributed by atoms with van der Waals surface area (Å²) in [5.74, 6) is 1.34. The van der Waals surface area contributed by atoms with Crippen LogP contribution in [0.2, 0.25) is 0 Å². The fraction of sp³-hybridized carbons (Fsp3) is 0.565. The zero-order chi connectivity index (χ0) is 22.8. The van der Waals surface area contributed by atoms with E-state index in [1.54, 1.807) is 12.0 Å². The zero-order valence-electron chi connectivity index (χ0n) is 19.0. The number of benzene rings is 1. The molecule has 3 saturated heterocycles. The number of hydrogen-bond acceptors (Lipinski definition) is 8. The Bertz CT molecular complexity index is 998. The third-order valence-corrected chi connectivity index (χ3v) is 7.85. The van der Waals surface area contributed by atoms with Gasteiger partial charge in [0.1, 0.15) is 5.75 Å². The number of amides is 2. The minimum atomic E-state index is 0.0617. The van der Waals surface area contributed by atoms with E-state index in [0.29, 0.717) is 11.6 Å². The first-order chi connectivity index (χ1) is 16.1. The summed E-state index contributed by atoms with van der Waals surface area (Å²) in [6.45, 7) is 5.41. The Kier molecular flexibility index (Phi) is 6.34. The van der Waals surface area contributed by atoms with Crippen molar-refractivity contribution in [3.05, 3.63) is 24.3 Å². The summed E-state index contributed by atoms with van der Waals surface area (Å²) in [6, 6.07) is 8.05. The van der Waals surface area contributed by atoms with Crippen molar-refractivity contribution in [2.24, 2.45) is 5.92 Å². The summed E-state index contributed by atoms with van der Waals surface area (Å²) in [5, 5.41) is 10.1. The van der Waals surface area contributed by atoms with E-state index in [4.69, 9.17) is 4.74 Å². The molecule has 4 heterocycles. The second-order valence-corrected chi connectivity index (χ2v) is 9.70. The molecule has 0 bridgehead atoms. The lowest BCUT2D eigenvalue weighted by molar-refractivity contribution is -0.136. The number of aromatic nitrogens is 2. The lowest BCUT2D eigenvalue weighted by Gasteiger charge is -2.39. The minimum Gasteiger partial charge on any atom is -0.495 e. The molecule has 0 aliphatic carbocycles. The van der Waals surface area contributed by atoms with Crippen LogP contribution in [-0.4, -0.2) is 79.8 Å². The van der Waals surface area contributed by atoms with Gasteiger partial charge in [-0.3, -0.25) is 14.5 Å². The van der Waals surface area contributed by atoms with Crippen LogP contribution in [-0.2, 0) is 9.59 Å². The van der Waals surface area contributed by atoms with E-state index < -0.39 is 0 Å². The van der Waals surface area contributed by atoms with Crippen LogP contribution in [0.5, 0.6) is 5.75 Å². The summed E-state index contributed by atoms with van der Waals surface area (Å²) in [4.78, 5) is 33.4. The van der Waals surface area contributed by atoms with E-state index in [2.05, 4.69) is 26.1 Å². The summed E-state index contributed by atoms with van der Waals surface area (Å²) >= 11 is 1.48. The van der Waals surface area contributed by atoms with Crippen LogP contribution in [0.25, 0.3) is 0 Å². The molecule has 5 rings (SSSR count). The number of methoxy groups -OCH3 is 1. The van der Waals surface area contributed by atoms with Crippen molar-refractivity contribution in [3.8, 4) is 5.75 Å². The Balaban J connectivity index is 1.13. The normalized spacial score (nSPS) is 20.0. The Labute approximate surface area is 197 Å². The Morgan fingerprint density at radius 1 is 0.970 bits per heavy atom. The maximum absolute atomic E-state index is 13.2. The third-order valence-electron chi connectivity index (χ3n) is 6.84. The number of hydrogen-bond donors (Lipinski definition) is 0. The van der Waals surface area contributed by atoms with E-state index in [0.717, 1.165) is 81.6 Å². The third kappa shape index (κ3) is 4.48. The fourth-order valence-corrected chi connectivity index (χ4v) is 5.87. The van der Waals surface area contributed by atoms with Crippen molar-refractivity contribution < 1.29 is 14.3 Å². The SMILES string of the molecule is COc1ccccc1N1CCN(C(=O)C2CCN(c3nnc(N4CCCC4=O)s3)CC2)CC1. The molecule has 3 aliphatic heterocycles. The first kappa shape index (κ1) is 21.9. The summed E-state index contributed by atoms with van der Waals surface area (Å²) in [7, 11) is 1.69. The Morgan fingerprint density at radius 3 is 2.39 bits per heavy atom. The lowest BCUT2D eigenvalue weighted by Crippen LogP contribution is -2.51. The summed E-state index contributed by atoms with van der Waals surface area (Å²) < 4.78 is 5.50. The van der Waals surface area contributed by atoms with Crippen molar-refractivity contribution in [2.45, 2.75) is 25.7 Å². The smallest absolute Gasteiger partial charge is 0.228 e. The molecule has 33 heavy (non-hydrogen) atoms. The number of carbonyl (C=O) groups is 2. The molecule has 176 valence electrons. The van der Waals surface area contributed by atoms with Crippen molar-refractivity contribution in [1.29, 1.82) is 0 Å². The molecule has 2 aromatic rings. The molecule has 0 spiro atoms. The van der Waals surface area contributed by atoms with Crippen molar-refractivity contribution in [2.75, 3.05) is 67.6 Å². The molecule has 0 radical (unpaired) electrons. The monoisotopic (exact) mass is 470 g/mol. The van der Waals surface area contributed by atoms with Gasteiger partial charge < -0.3 is 19.4 Å². The molecule has 0 unspecified atom stereocenters. The molecule has 10 heteroatoms. The summed E-state index contributed by atoms with van der Waals surface area (Å²) in [5.41, 5.74) is 1.09. The number of para-hydroxylation sites is 2. The highest BCUT2D eigenvalue weighted by Gasteiger charge is 2.32. The van der Waals surface area contributed by atoms with E-state index in [9.17, 15) is 9.59 Å². The second-order valence-electron chi connectivity index (χ2n) is 8.76. The molecule has 1 aromatic carbocycles. The molecule has 3 aliphatic rings. The van der Waals surface area contributed by atoms with Crippen LogP contribution in [0.3, 0.4) is 0 Å². The number of carbonyl (C=O) groups excluding carboxylic acids is 2. The predicted octanol–water partition coefficient (Wildman–Crippen LogP) is 2.24. The van der Waals surface area contributed by atoms with Crippen LogP contribution in [0.1, 0.15) is 25.7 Å². The molecular weight excluding hydrogens is 440 g/mol. The highest BCUT2D eigenvalue weighted by Crippen LogP contribution is 2.33. The van der Waals surface area contributed by atoms with Gasteiger partial charge in [0, 0.05) is 58.2 Å². The van der Waals surface area contributed by atoms with Gasteiger partial charge in [-0.05, 0) is 31.4 Å². The van der Waals surface area contributed by atoms with E-state index >= 15 is 0 Å². The number of piperidine rings is 1. The number of piperazine rings is 1. The van der Waals surface area contributed by atoms with Crippen molar-refractivity contribution in [3.63, 3.8) is 0 Å². The molecule has 2 amide bonds. The van der Waals surface area contributed by atoms with Crippen molar-refractivity contribution in [1.82, 2.24) is 15.1 Å². The number of ether oxygens (including phenoxy) is 1. The van der Waals surface area contributed by atoms with Crippen LogP contribution < -0.4 is 19.4 Å². The van der Waals surface area contributed by atoms with Gasteiger partial charge in [-0.25, -0.2) is 0 Å². The number of anilines is 3. The number of nitrogens with zero attached hydrogens (tertiary/aromatic N) is 6. The summed E-state index contributed by atoms with van der Waals surface area (Å²) in [6.07, 6.45) is 3.12. The molecular formula is C23H30N6O3S. The fourth-order valence-electron chi connectivity index (χ4n) is 4.93. The maximum atomic E-state index is 13.2. The van der Waals surface area contributed by atoms with Gasteiger partial charge in [-0.15, -0.1) is 10.2 Å². The van der Waals surface area contributed by atoms with Gasteiger partial charge in [0.25, 0.3) is 0 Å². The molecule has 9 nitrogen and oxygen atoms in total. The lowest BCUT2D eigenvalue weighted by atomic mass is 9.95. The van der Waals surface area contributed by atoms with Crippen LogP contribution in [0.4, 0.5) is 16.0 Å². The maximum Gasteiger partial charge on any atom is 0.228 e. The van der Waals surface area contributed by atoms with Gasteiger partial charge in [0.15, 0.2) is 0 Å². The minimum absolute atomic E-state index is 0.0617. The Morgan fingerprint density at radius 2 is 1.70 bits per heavy atom. The van der Waals surface area contributed by atoms with Crippen molar-refractivity contribution >= 4 is 39.1 Å². The van der Waals surface area contributed by atoms with E-state index in [1.807, 2.05) is 23.1 Å². The van der Waals surface area contributed by atoms with Gasteiger partial charge in [-0.2, -0.15) is 0 Å². The molecule has 0 saturated carbocycles.